The first-order chi connectivity index (χ1) is 11.0. The molecule has 23 heavy (non-hydrogen) atoms. The lowest BCUT2D eigenvalue weighted by Gasteiger charge is -2.21. The number of benzene rings is 1. The number of amides is 1. The highest BCUT2D eigenvalue weighted by molar-refractivity contribution is 9.10. The number of carbonyl (C=O) groups excluding carboxylic acids is 2. The molecule has 0 saturated heterocycles. The number of thiophene rings is 1. The molecule has 1 amide bonds. The summed E-state index contributed by atoms with van der Waals surface area (Å²) in [4.78, 5) is 27.2. The molecule has 0 aliphatic carbocycles. The van der Waals surface area contributed by atoms with Crippen molar-refractivity contribution < 1.29 is 14.7 Å². The van der Waals surface area contributed by atoms with Gasteiger partial charge >= 0.3 is 0 Å². The number of aliphatic hydroxyl groups is 1. The van der Waals surface area contributed by atoms with Gasteiger partial charge in [0.2, 0.25) is 0 Å². The summed E-state index contributed by atoms with van der Waals surface area (Å²) in [6.45, 7) is 3.93. The fraction of sp³-hybridized carbons (Fsp3) is 0.176. The minimum atomic E-state index is -1.84. The van der Waals surface area contributed by atoms with Gasteiger partial charge in [-0.05, 0) is 29.6 Å². The molecule has 4 nitrogen and oxygen atoms in total. The standard InChI is InChI=1S/C17H14BrNO3S/c1-2-7-19-13-6-5-11(18)9-12(13)17(22,16(19)21)10-14(20)15-4-3-8-23-15/h2-6,8-9,22H,1,7,10H2/t17-/m1/s1. The average Bonchev–Trinajstić information content (AvgIpc) is 3.11. The molecule has 1 aromatic heterocycles. The second kappa shape index (κ2) is 6.03. The lowest BCUT2D eigenvalue weighted by molar-refractivity contribution is -0.135. The first-order valence-corrected chi connectivity index (χ1v) is 8.66. The van der Waals surface area contributed by atoms with Crippen molar-refractivity contribution in [1.29, 1.82) is 0 Å². The van der Waals surface area contributed by atoms with Gasteiger partial charge in [-0.3, -0.25) is 9.59 Å². The van der Waals surface area contributed by atoms with Crippen LogP contribution in [-0.2, 0) is 10.4 Å². The van der Waals surface area contributed by atoms with Crippen molar-refractivity contribution in [1.82, 2.24) is 0 Å². The number of halogens is 1. The number of nitrogens with zero attached hydrogens (tertiary/aromatic N) is 1. The molecule has 1 aliphatic rings. The van der Waals surface area contributed by atoms with E-state index in [0.29, 0.717) is 16.1 Å². The van der Waals surface area contributed by atoms with E-state index in [1.165, 1.54) is 16.2 Å². The molecule has 0 fully saturated rings. The van der Waals surface area contributed by atoms with Crippen LogP contribution in [0, 0.1) is 0 Å². The molecule has 0 saturated carbocycles. The van der Waals surface area contributed by atoms with Crippen molar-refractivity contribution in [2.45, 2.75) is 12.0 Å². The molecular formula is C17H14BrNO3S. The predicted octanol–water partition coefficient (Wildman–Crippen LogP) is 3.50. The smallest absolute Gasteiger partial charge is 0.264 e. The van der Waals surface area contributed by atoms with E-state index in [0.717, 1.165) is 4.47 Å². The van der Waals surface area contributed by atoms with Crippen LogP contribution in [0.15, 0.2) is 52.8 Å². The van der Waals surface area contributed by atoms with Crippen molar-refractivity contribution in [3.63, 3.8) is 0 Å². The van der Waals surface area contributed by atoms with Crippen LogP contribution < -0.4 is 4.90 Å². The highest BCUT2D eigenvalue weighted by Gasteiger charge is 2.50. The van der Waals surface area contributed by atoms with Crippen LogP contribution in [-0.4, -0.2) is 23.3 Å². The molecule has 6 heteroatoms. The van der Waals surface area contributed by atoms with Gasteiger partial charge in [-0.1, -0.05) is 28.1 Å². The third-order valence-electron chi connectivity index (χ3n) is 3.82. The number of rotatable bonds is 5. The Labute approximate surface area is 146 Å². The predicted molar refractivity (Wildman–Crippen MR) is 93.9 cm³/mol. The van der Waals surface area contributed by atoms with Gasteiger partial charge in [-0.2, -0.15) is 0 Å². The quantitative estimate of drug-likeness (QED) is 0.626. The molecular weight excluding hydrogens is 378 g/mol. The van der Waals surface area contributed by atoms with Gasteiger partial charge in [-0.15, -0.1) is 17.9 Å². The molecule has 0 unspecified atom stereocenters. The Bertz CT molecular complexity index is 787. The molecule has 3 rings (SSSR count). The molecule has 0 bridgehead atoms. The van der Waals surface area contributed by atoms with E-state index in [1.807, 2.05) is 0 Å². The van der Waals surface area contributed by atoms with Gasteiger partial charge < -0.3 is 10.0 Å². The largest absolute Gasteiger partial charge is 0.375 e. The summed E-state index contributed by atoms with van der Waals surface area (Å²) in [5.74, 6) is -0.738. The summed E-state index contributed by atoms with van der Waals surface area (Å²) in [5, 5.41) is 12.8. The maximum atomic E-state index is 12.8. The Hall–Kier alpha value is -1.76. The van der Waals surface area contributed by atoms with E-state index in [9.17, 15) is 14.7 Å². The van der Waals surface area contributed by atoms with Gasteiger partial charge in [0, 0.05) is 16.6 Å². The molecule has 1 aliphatic heterocycles. The van der Waals surface area contributed by atoms with Gasteiger partial charge in [0.25, 0.3) is 5.91 Å². The Morgan fingerprint density at radius 1 is 1.43 bits per heavy atom. The van der Waals surface area contributed by atoms with Crippen LogP contribution in [0.2, 0.25) is 0 Å². The van der Waals surface area contributed by atoms with Crippen molar-refractivity contribution >= 4 is 44.6 Å². The highest BCUT2D eigenvalue weighted by atomic mass is 79.9. The topological polar surface area (TPSA) is 57.6 Å². The van der Waals surface area contributed by atoms with Gasteiger partial charge in [0.1, 0.15) is 0 Å². The molecule has 1 N–H and O–H groups in total. The molecule has 1 atom stereocenters. The molecule has 1 aromatic carbocycles. The van der Waals surface area contributed by atoms with Crippen LogP contribution in [0.4, 0.5) is 5.69 Å². The zero-order chi connectivity index (χ0) is 16.6. The molecule has 2 heterocycles. The molecule has 0 spiro atoms. The zero-order valence-corrected chi connectivity index (χ0v) is 14.6. The normalized spacial score (nSPS) is 19.7. The van der Waals surface area contributed by atoms with Crippen LogP contribution in [0.3, 0.4) is 0 Å². The third kappa shape index (κ3) is 2.67. The lowest BCUT2D eigenvalue weighted by Crippen LogP contribution is -2.41. The fourth-order valence-corrected chi connectivity index (χ4v) is 3.79. The second-order valence-electron chi connectivity index (χ2n) is 5.30. The Balaban J connectivity index is 2.04. The molecule has 2 aromatic rings. The van der Waals surface area contributed by atoms with Crippen LogP contribution in [0.25, 0.3) is 0 Å². The number of carbonyl (C=O) groups is 2. The summed E-state index contributed by atoms with van der Waals surface area (Å²) in [5.41, 5.74) is -0.786. The van der Waals surface area contributed by atoms with E-state index >= 15 is 0 Å². The van der Waals surface area contributed by atoms with Crippen molar-refractivity contribution in [3.05, 3.63) is 63.3 Å². The van der Waals surface area contributed by atoms with Crippen molar-refractivity contribution in [3.8, 4) is 0 Å². The monoisotopic (exact) mass is 391 g/mol. The van der Waals surface area contributed by atoms with E-state index in [2.05, 4.69) is 22.5 Å². The Morgan fingerprint density at radius 2 is 2.22 bits per heavy atom. The summed E-state index contributed by atoms with van der Waals surface area (Å²) >= 11 is 4.66. The van der Waals surface area contributed by atoms with Crippen LogP contribution in [0.5, 0.6) is 0 Å². The summed E-state index contributed by atoms with van der Waals surface area (Å²) in [7, 11) is 0. The lowest BCUT2D eigenvalue weighted by atomic mass is 9.89. The second-order valence-corrected chi connectivity index (χ2v) is 7.17. The third-order valence-corrected chi connectivity index (χ3v) is 5.22. The summed E-state index contributed by atoms with van der Waals surface area (Å²) in [6, 6.07) is 8.72. The fourth-order valence-electron chi connectivity index (χ4n) is 2.76. The van der Waals surface area contributed by atoms with Gasteiger partial charge in [0.05, 0.1) is 17.0 Å². The maximum absolute atomic E-state index is 12.8. The van der Waals surface area contributed by atoms with E-state index in [1.54, 1.807) is 41.8 Å². The summed E-state index contributed by atoms with van der Waals surface area (Å²) < 4.78 is 0.742. The minimum Gasteiger partial charge on any atom is -0.375 e. The first kappa shape index (κ1) is 16.1. The number of fused-ring (bicyclic) bond motifs is 1. The SMILES string of the molecule is C=CCN1C(=O)[C@@](O)(CC(=O)c2cccs2)c2cc(Br)ccc21. The number of hydrogen-bond acceptors (Lipinski definition) is 4. The van der Waals surface area contributed by atoms with Gasteiger partial charge in [0.15, 0.2) is 11.4 Å². The number of ketones is 1. The molecule has 118 valence electrons. The number of anilines is 1. The van der Waals surface area contributed by atoms with Crippen LogP contribution in [0.1, 0.15) is 21.7 Å². The molecule has 0 radical (unpaired) electrons. The first-order valence-electron chi connectivity index (χ1n) is 6.99. The summed E-state index contributed by atoms with van der Waals surface area (Å²) in [6.07, 6.45) is 1.32. The van der Waals surface area contributed by atoms with Gasteiger partial charge in [-0.25, -0.2) is 0 Å². The number of hydrogen-bond donors (Lipinski definition) is 1. The van der Waals surface area contributed by atoms with Crippen molar-refractivity contribution in [2.75, 3.05) is 11.4 Å². The van der Waals surface area contributed by atoms with Crippen molar-refractivity contribution in [2.24, 2.45) is 0 Å². The minimum absolute atomic E-state index is 0.248. The number of Topliss-reactive ketones (excluding diaryl/α,β-unsaturated/α-hetero) is 1. The highest BCUT2D eigenvalue weighted by Crippen LogP contribution is 2.44. The Kier molecular flexibility index (Phi) is 4.23. The van der Waals surface area contributed by atoms with E-state index in [-0.39, 0.29) is 18.7 Å². The zero-order valence-electron chi connectivity index (χ0n) is 12.2. The van der Waals surface area contributed by atoms with E-state index < -0.39 is 11.5 Å². The van der Waals surface area contributed by atoms with Crippen LogP contribution >= 0.6 is 27.3 Å². The average molecular weight is 392 g/mol. The Morgan fingerprint density at radius 3 is 2.87 bits per heavy atom. The van der Waals surface area contributed by atoms with E-state index in [4.69, 9.17) is 0 Å². The maximum Gasteiger partial charge on any atom is 0.264 e.